The summed E-state index contributed by atoms with van der Waals surface area (Å²) >= 11 is 3.35. The van der Waals surface area contributed by atoms with Crippen LogP contribution in [0.15, 0.2) is 47.2 Å². The highest BCUT2D eigenvalue weighted by Crippen LogP contribution is 2.26. The molecule has 2 aromatic rings. The standard InChI is InChI=1S/C18H21BrN4O/c1-18(2,14-6-4-3-5-7-14)16(24)22-8-10-23(11-9-22)17-20-12-15(19)13-21-17/h3-7,12-13H,8-11H2,1-2H3. The van der Waals surface area contributed by atoms with Crippen LogP contribution in [0, 0.1) is 0 Å². The Labute approximate surface area is 150 Å². The number of benzene rings is 1. The zero-order valence-electron chi connectivity index (χ0n) is 13.9. The van der Waals surface area contributed by atoms with E-state index in [4.69, 9.17) is 0 Å². The molecule has 1 aromatic heterocycles. The average Bonchev–Trinajstić information content (AvgIpc) is 2.62. The molecular weight excluding hydrogens is 368 g/mol. The number of carbonyl (C=O) groups is 1. The van der Waals surface area contributed by atoms with E-state index in [-0.39, 0.29) is 5.91 Å². The Kier molecular flexibility index (Phi) is 4.85. The number of carbonyl (C=O) groups excluding carboxylic acids is 1. The molecule has 0 radical (unpaired) electrons. The van der Waals surface area contributed by atoms with Gasteiger partial charge in [-0.15, -0.1) is 0 Å². The van der Waals surface area contributed by atoms with Gasteiger partial charge in [-0.25, -0.2) is 9.97 Å². The van der Waals surface area contributed by atoms with Gasteiger partial charge in [0.15, 0.2) is 0 Å². The third-order valence-electron chi connectivity index (χ3n) is 4.49. The fraction of sp³-hybridized carbons (Fsp3) is 0.389. The van der Waals surface area contributed by atoms with Crippen molar-refractivity contribution < 1.29 is 4.79 Å². The van der Waals surface area contributed by atoms with E-state index in [1.54, 1.807) is 12.4 Å². The van der Waals surface area contributed by atoms with Crippen LogP contribution in [0.5, 0.6) is 0 Å². The normalized spacial score (nSPS) is 15.5. The van der Waals surface area contributed by atoms with Gasteiger partial charge < -0.3 is 9.80 Å². The first kappa shape index (κ1) is 16.9. The first-order chi connectivity index (χ1) is 11.5. The smallest absolute Gasteiger partial charge is 0.232 e. The van der Waals surface area contributed by atoms with Crippen molar-refractivity contribution in [3.05, 3.63) is 52.8 Å². The van der Waals surface area contributed by atoms with Crippen molar-refractivity contribution in [2.45, 2.75) is 19.3 Å². The molecule has 0 aliphatic carbocycles. The minimum Gasteiger partial charge on any atom is -0.338 e. The lowest BCUT2D eigenvalue weighted by Crippen LogP contribution is -2.53. The molecule has 1 aliphatic heterocycles. The van der Waals surface area contributed by atoms with E-state index >= 15 is 0 Å². The summed E-state index contributed by atoms with van der Waals surface area (Å²) in [5.74, 6) is 0.887. The van der Waals surface area contributed by atoms with Gasteiger partial charge in [-0.1, -0.05) is 30.3 Å². The highest BCUT2D eigenvalue weighted by Gasteiger charge is 2.35. The Bertz CT molecular complexity index is 695. The molecule has 2 heterocycles. The maximum Gasteiger partial charge on any atom is 0.232 e. The lowest BCUT2D eigenvalue weighted by molar-refractivity contribution is -0.136. The summed E-state index contributed by atoms with van der Waals surface area (Å²) in [7, 11) is 0. The molecule has 0 spiro atoms. The quantitative estimate of drug-likeness (QED) is 0.810. The van der Waals surface area contributed by atoms with E-state index in [0.717, 1.165) is 23.1 Å². The number of halogens is 1. The van der Waals surface area contributed by atoms with Crippen LogP contribution >= 0.6 is 15.9 Å². The summed E-state index contributed by atoms with van der Waals surface area (Å²) in [6, 6.07) is 9.97. The zero-order chi connectivity index (χ0) is 17.2. The molecule has 5 nitrogen and oxygen atoms in total. The van der Waals surface area contributed by atoms with Crippen molar-refractivity contribution in [3.8, 4) is 0 Å². The van der Waals surface area contributed by atoms with Crippen molar-refractivity contribution in [3.63, 3.8) is 0 Å². The second-order valence-electron chi connectivity index (χ2n) is 6.47. The third kappa shape index (κ3) is 3.43. The van der Waals surface area contributed by atoms with Gasteiger partial charge in [0.1, 0.15) is 0 Å². The van der Waals surface area contributed by atoms with Crippen LogP contribution in [0.25, 0.3) is 0 Å². The Morgan fingerprint density at radius 3 is 2.21 bits per heavy atom. The number of aromatic nitrogens is 2. The highest BCUT2D eigenvalue weighted by molar-refractivity contribution is 9.10. The molecule has 1 saturated heterocycles. The molecule has 1 amide bonds. The first-order valence-electron chi connectivity index (χ1n) is 8.06. The first-order valence-corrected chi connectivity index (χ1v) is 8.85. The average molecular weight is 389 g/mol. The molecular formula is C18H21BrN4O. The largest absolute Gasteiger partial charge is 0.338 e. The topological polar surface area (TPSA) is 49.3 Å². The van der Waals surface area contributed by atoms with Gasteiger partial charge in [0.05, 0.1) is 9.89 Å². The summed E-state index contributed by atoms with van der Waals surface area (Å²) in [5.41, 5.74) is 0.533. The number of anilines is 1. The number of amides is 1. The Morgan fingerprint density at radius 1 is 1.04 bits per heavy atom. The summed E-state index contributed by atoms with van der Waals surface area (Å²) in [5, 5.41) is 0. The van der Waals surface area contributed by atoms with E-state index in [1.807, 2.05) is 49.1 Å². The summed E-state index contributed by atoms with van der Waals surface area (Å²) in [4.78, 5) is 25.7. The van der Waals surface area contributed by atoms with Gasteiger partial charge in [-0.05, 0) is 35.3 Å². The Balaban J connectivity index is 1.66. The second kappa shape index (κ2) is 6.89. The number of hydrogen-bond acceptors (Lipinski definition) is 4. The number of hydrogen-bond donors (Lipinski definition) is 0. The van der Waals surface area contributed by atoms with E-state index in [2.05, 4.69) is 30.8 Å². The second-order valence-corrected chi connectivity index (χ2v) is 7.39. The molecule has 0 N–H and O–H groups in total. The molecule has 1 aliphatic rings. The highest BCUT2D eigenvalue weighted by atomic mass is 79.9. The Hall–Kier alpha value is -1.95. The summed E-state index contributed by atoms with van der Waals surface area (Å²) in [6.07, 6.45) is 3.50. The van der Waals surface area contributed by atoms with Gasteiger partial charge in [0.2, 0.25) is 11.9 Å². The molecule has 0 saturated carbocycles. The van der Waals surface area contributed by atoms with Gasteiger partial charge in [-0.2, -0.15) is 0 Å². The number of nitrogens with zero attached hydrogens (tertiary/aromatic N) is 4. The van der Waals surface area contributed by atoms with Crippen LogP contribution < -0.4 is 4.90 Å². The summed E-state index contributed by atoms with van der Waals surface area (Å²) in [6.45, 7) is 6.86. The predicted molar refractivity (Wildman–Crippen MR) is 98.0 cm³/mol. The van der Waals surface area contributed by atoms with Crippen molar-refractivity contribution in [2.75, 3.05) is 31.1 Å². The number of piperazine rings is 1. The maximum absolute atomic E-state index is 13.0. The monoisotopic (exact) mass is 388 g/mol. The molecule has 3 rings (SSSR count). The van der Waals surface area contributed by atoms with Crippen molar-refractivity contribution in [1.82, 2.24) is 14.9 Å². The lowest BCUT2D eigenvalue weighted by Gasteiger charge is -2.38. The van der Waals surface area contributed by atoms with Gasteiger partial charge in [-0.3, -0.25) is 4.79 Å². The minimum absolute atomic E-state index is 0.171. The zero-order valence-corrected chi connectivity index (χ0v) is 15.5. The molecule has 1 aromatic carbocycles. The fourth-order valence-corrected chi connectivity index (χ4v) is 3.16. The van der Waals surface area contributed by atoms with E-state index in [9.17, 15) is 4.79 Å². The van der Waals surface area contributed by atoms with Crippen LogP contribution in [0.1, 0.15) is 19.4 Å². The molecule has 0 unspecified atom stereocenters. The van der Waals surface area contributed by atoms with Crippen LogP contribution in [0.3, 0.4) is 0 Å². The van der Waals surface area contributed by atoms with Crippen LogP contribution in [-0.2, 0) is 10.2 Å². The SMILES string of the molecule is CC(C)(C(=O)N1CCN(c2ncc(Br)cn2)CC1)c1ccccc1. The fourth-order valence-electron chi connectivity index (χ4n) is 2.95. The molecule has 0 atom stereocenters. The van der Waals surface area contributed by atoms with Gasteiger partial charge in [0, 0.05) is 38.6 Å². The summed E-state index contributed by atoms with van der Waals surface area (Å²) < 4.78 is 0.865. The van der Waals surface area contributed by atoms with Gasteiger partial charge >= 0.3 is 0 Å². The molecule has 24 heavy (non-hydrogen) atoms. The van der Waals surface area contributed by atoms with Crippen molar-refractivity contribution >= 4 is 27.8 Å². The van der Waals surface area contributed by atoms with E-state index in [1.165, 1.54) is 0 Å². The van der Waals surface area contributed by atoms with Crippen LogP contribution in [0.2, 0.25) is 0 Å². The molecule has 126 valence electrons. The maximum atomic E-state index is 13.0. The Morgan fingerprint density at radius 2 is 1.62 bits per heavy atom. The number of rotatable bonds is 3. The van der Waals surface area contributed by atoms with Crippen molar-refractivity contribution in [1.29, 1.82) is 0 Å². The minimum atomic E-state index is -0.516. The van der Waals surface area contributed by atoms with Crippen LogP contribution in [-0.4, -0.2) is 47.0 Å². The van der Waals surface area contributed by atoms with E-state index in [0.29, 0.717) is 19.0 Å². The predicted octanol–water partition coefficient (Wildman–Crippen LogP) is 2.87. The van der Waals surface area contributed by atoms with E-state index < -0.39 is 5.41 Å². The van der Waals surface area contributed by atoms with Gasteiger partial charge in [0.25, 0.3) is 0 Å². The molecule has 6 heteroatoms. The lowest BCUT2D eigenvalue weighted by atomic mass is 9.83. The third-order valence-corrected chi connectivity index (χ3v) is 4.90. The molecule has 0 bridgehead atoms. The molecule has 1 fully saturated rings. The van der Waals surface area contributed by atoms with Crippen molar-refractivity contribution in [2.24, 2.45) is 0 Å². The van der Waals surface area contributed by atoms with Crippen LogP contribution in [0.4, 0.5) is 5.95 Å².